The number of alkyl carbamates (subject to hydrolysis) is 1. The third kappa shape index (κ3) is 8.57. The predicted octanol–water partition coefficient (Wildman–Crippen LogP) is 4.33. The van der Waals surface area contributed by atoms with E-state index in [4.69, 9.17) is 14.2 Å². The van der Waals surface area contributed by atoms with Crippen molar-refractivity contribution in [3.63, 3.8) is 0 Å². The molecule has 188 valence electrons. The molecule has 2 aromatic carbocycles. The Hall–Kier alpha value is -4.22. The average molecular weight is 489 g/mol. The van der Waals surface area contributed by atoms with E-state index in [0.29, 0.717) is 12.0 Å². The largest absolute Gasteiger partial charge is 0.487 e. The van der Waals surface area contributed by atoms with Crippen LogP contribution in [0.1, 0.15) is 39.7 Å². The Balaban J connectivity index is 2.29. The number of hydrogen-bond acceptors (Lipinski definition) is 9. The normalized spacial score (nSPS) is 11.8. The maximum atomic E-state index is 12.9. The summed E-state index contributed by atoms with van der Waals surface area (Å²) in [6.07, 6.45) is -0.329. The first kappa shape index (κ1) is 27.0. The molecule has 0 fully saturated rings. The summed E-state index contributed by atoms with van der Waals surface area (Å²) >= 11 is 0. The lowest BCUT2D eigenvalue weighted by Crippen LogP contribution is -2.46. The number of hydrogen-bond donors (Lipinski definition) is 1. The van der Waals surface area contributed by atoms with E-state index in [9.17, 15) is 29.8 Å². The Morgan fingerprint density at radius 1 is 1.03 bits per heavy atom. The SMILES string of the molecule is CCCOc1cc(CC(NC(=O)OC(C)(C)C)C(=O)Oc2ccc([N+](=O)[O-])cc2)ccc1[N+](=O)[O-]. The van der Waals surface area contributed by atoms with Gasteiger partial charge in [-0.1, -0.05) is 13.0 Å². The molecular weight excluding hydrogens is 462 g/mol. The molecule has 0 radical (unpaired) electrons. The Bertz CT molecular complexity index is 1080. The van der Waals surface area contributed by atoms with E-state index < -0.39 is 33.6 Å². The molecule has 2 aromatic rings. The minimum Gasteiger partial charge on any atom is -0.487 e. The minimum absolute atomic E-state index is 0.0345. The standard InChI is InChI=1S/C23H27N3O9/c1-5-12-33-20-14-15(6-11-19(20)26(31)32)13-18(24-22(28)35-23(2,3)4)21(27)34-17-9-7-16(8-10-17)25(29)30/h6-11,14,18H,5,12-13H2,1-4H3,(H,24,28). The van der Waals surface area contributed by atoms with Crippen molar-refractivity contribution in [2.75, 3.05) is 6.61 Å². The van der Waals surface area contributed by atoms with Gasteiger partial charge in [-0.2, -0.15) is 0 Å². The summed E-state index contributed by atoms with van der Waals surface area (Å²) in [6, 6.07) is 7.75. The molecule has 0 aliphatic rings. The van der Waals surface area contributed by atoms with Gasteiger partial charge in [-0.3, -0.25) is 20.2 Å². The summed E-state index contributed by atoms with van der Waals surface area (Å²) in [4.78, 5) is 46.2. The van der Waals surface area contributed by atoms with E-state index in [-0.39, 0.29) is 35.9 Å². The Morgan fingerprint density at radius 3 is 2.23 bits per heavy atom. The third-order valence-corrected chi connectivity index (χ3v) is 4.36. The highest BCUT2D eigenvalue weighted by Crippen LogP contribution is 2.29. The molecule has 2 rings (SSSR count). The van der Waals surface area contributed by atoms with Crippen LogP contribution in [0.25, 0.3) is 0 Å². The number of non-ortho nitro benzene ring substituents is 1. The topological polar surface area (TPSA) is 160 Å². The van der Waals surface area contributed by atoms with Crippen molar-refractivity contribution in [2.45, 2.75) is 52.2 Å². The molecule has 0 saturated carbocycles. The molecule has 0 bridgehead atoms. The monoisotopic (exact) mass is 489 g/mol. The zero-order valence-corrected chi connectivity index (χ0v) is 19.8. The van der Waals surface area contributed by atoms with E-state index in [1.807, 2.05) is 6.92 Å². The number of ether oxygens (including phenoxy) is 3. The van der Waals surface area contributed by atoms with Gasteiger partial charge < -0.3 is 19.5 Å². The second-order valence-electron chi connectivity index (χ2n) is 8.48. The molecular formula is C23H27N3O9. The van der Waals surface area contributed by atoms with Crippen LogP contribution in [0, 0.1) is 20.2 Å². The fraction of sp³-hybridized carbons (Fsp3) is 0.391. The van der Waals surface area contributed by atoms with E-state index in [1.54, 1.807) is 20.8 Å². The second kappa shape index (κ2) is 11.8. The molecule has 0 aromatic heterocycles. The summed E-state index contributed by atoms with van der Waals surface area (Å²) in [5.41, 5.74) is -0.778. The number of carbonyl (C=O) groups excluding carboxylic acids is 2. The van der Waals surface area contributed by atoms with E-state index in [0.717, 1.165) is 0 Å². The van der Waals surface area contributed by atoms with Crippen LogP contribution in [0.5, 0.6) is 11.5 Å². The zero-order valence-electron chi connectivity index (χ0n) is 19.8. The first-order valence-corrected chi connectivity index (χ1v) is 10.8. The fourth-order valence-corrected chi connectivity index (χ4v) is 2.87. The van der Waals surface area contributed by atoms with Crippen molar-refractivity contribution in [1.82, 2.24) is 5.32 Å². The predicted molar refractivity (Wildman–Crippen MR) is 124 cm³/mol. The van der Waals surface area contributed by atoms with Crippen molar-refractivity contribution < 1.29 is 33.6 Å². The number of nitro benzene ring substituents is 2. The highest BCUT2D eigenvalue weighted by molar-refractivity contribution is 5.83. The number of nitrogens with one attached hydrogen (secondary N) is 1. The number of nitrogens with zero attached hydrogens (tertiary/aromatic N) is 2. The van der Waals surface area contributed by atoms with Crippen molar-refractivity contribution in [3.05, 3.63) is 68.3 Å². The van der Waals surface area contributed by atoms with Gasteiger partial charge in [-0.05, 0) is 51.0 Å². The van der Waals surface area contributed by atoms with Crippen LogP contribution < -0.4 is 14.8 Å². The van der Waals surface area contributed by atoms with Crippen LogP contribution in [-0.4, -0.2) is 40.2 Å². The number of carbonyl (C=O) groups is 2. The van der Waals surface area contributed by atoms with Gasteiger partial charge in [0.05, 0.1) is 16.5 Å². The number of esters is 1. The van der Waals surface area contributed by atoms with Crippen LogP contribution in [-0.2, 0) is 16.0 Å². The lowest BCUT2D eigenvalue weighted by molar-refractivity contribution is -0.385. The lowest BCUT2D eigenvalue weighted by Gasteiger charge is -2.23. The molecule has 1 N–H and O–H groups in total. The summed E-state index contributed by atoms with van der Waals surface area (Å²) in [5, 5.41) is 24.6. The number of nitro groups is 2. The van der Waals surface area contributed by atoms with Crippen molar-refractivity contribution >= 4 is 23.4 Å². The molecule has 0 heterocycles. The van der Waals surface area contributed by atoms with Crippen molar-refractivity contribution in [1.29, 1.82) is 0 Å². The molecule has 1 atom stereocenters. The Morgan fingerprint density at radius 2 is 1.69 bits per heavy atom. The van der Waals surface area contributed by atoms with E-state index in [2.05, 4.69) is 5.32 Å². The molecule has 0 aliphatic heterocycles. The maximum absolute atomic E-state index is 12.9. The smallest absolute Gasteiger partial charge is 0.408 e. The number of amides is 1. The van der Waals surface area contributed by atoms with Crippen LogP contribution in [0.4, 0.5) is 16.2 Å². The summed E-state index contributed by atoms with van der Waals surface area (Å²) in [5.74, 6) is -0.791. The van der Waals surface area contributed by atoms with Gasteiger partial charge in [0.15, 0.2) is 5.75 Å². The summed E-state index contributed by atoms with van der Waals surface area (Å²) in [6.45, 7) is 7.08. The van der Waals surface area contributed by atoms with Gasteiger partial charge in [0.2, 0.25) is 0 Å². The van der Waals surface area contributed by atoms with Crippen LogP contribution >= 0.6 is 0 Å². The van der Waals surface area contributed by atoms with Crippen LogP contribution in [0.15, 0.2) is 42.5 Å². The van der Waals surface area contributed by atoms with Crippen molar-refractivity contribution in [3.8, 4) is 11.5 Å². The quantitative estimate of drug-likeness (QED) is 0.222. The third-order valence-electron chi connectivity index (χ3n) is 4.36. The average Bonchev–Trinajstić information content (AvgIpc) is 2.76. The summed E-state index contributed by atoms with van der Waals surface area (Å²) in [7, 11) is 0. The zero-order chi connectivity index (χ0) is 26.2. The molecule has 0 spiro atoms. The number of benzene rings is 2. The Kier molecular flexibility index (Phi) is 9.09. The highest BCUT2D eigenvalue weighted by Gasteiger charge is 2.27. The molecule has 1 unspecified atom stereocenters. The molecule has 1 amide bonds. The fourth-order valence-electron chi connectivity index (χ4n) is 2.87. The van der Waals surface area contributed by atoms with Gasteiger partial charge >= 0.3 is 17.7 Å². The maximum Gasteiger partial charge on any atom is 0.408 e. The van der Waals surface area contributed by atoms with Crippen molar-refractivity contribution in [2.24, 2.45) is 0 Å². The Labute approximate surface area is 201 Å². The molecule has 0 saturated heterocycles. The number of rotatable bonds is 10. The molecule has 35 heavy (non-hydrogen) atoms. The molecule has 12 nitrogen and oxygen atoms in total. The second-order valence-corrected chi connectivity index (χ2v) is 8.48. The first-order valence-electron chi connectivity index (χ1n) is 10.8. The minimum atomic E-state index is -1.24. The van der Waals surface area contributed by atoms with E-state index in [1.165, 1.54) is 42.5 Å². The molecule has 12 heteroatoms. The van der Waals surface area contributed by atoms with E-state index >= 15 is 0 Å². The van der Waals surface area contributed by atoms with Gasteiger partial charge in [0.25, 0.3) is 5.69 Å². The van der Waals surface area contributed by atoms with Gasteiger partial charge in [-0.25, -0.2) is 9.59 Å². The van der Waals surface area contributed by atoms with Gasteiger partial charge in [0, 0.05) is 24.6 Å². The van der Waals surface area contributed by atoms with Crippen LogP contribution in [0.3, 0.4) is 0 Å². The van der Waals surface area contributed by atoms with Gasteiger partial charge in [-0.15, -0.1) is 0 Å². The molecule has 0 aliphatic carbocycles. The summed E-state index contributed by atoms with van der Waals surface area (Å²) < 4.78 is 16.0. The van der Waals surface area contributed by atoms with Gasteiger partial charge in [0.1, 0.15) is 17.4 Å². The highest BCUT2D eigenvalue weighted by atomic mass is 16.6. The first-order chi connectivity index (χ1) is 16.4. The lowest BCUT2D eigenvalue weighted by atomic mass is 10.0. The van der Waals surface area contributed by atoms with Crippen LogP contribution in [0.2, 0.25) is 0 Å².